The Kier molecular flexibility index (Phi) is 7.01. The zero-order chi connectivity index (χ0) is 22.7. The molecule has 0 aliphatic carbocycles. The SMILES string of the molecule is COC(=O)[C@@H](C)Oc1c(OC)cc(/C=C2/C(=O)NN(c3ccccc3)C2=O)c(Br)c1Br. The molecule has 8 nitrogen and oxygen atoms in total. The summed E-state index contributed by atoms with van der Waals surface area (Å²) in [6.45, 7) is 1.54. The standard InChI is InChI=1S/C21H18Br2N2O6/c1-11(21(28)30-3)31-18-15(29-2)10-12(16(22)17(18)23)9-14-19(26)24-25(20(14)27)13-7-5-4-6-8-13/h4-11H,1-3H3,(H,24,26)/b14-9-/t11-/m1/s1. The molecule has 3 rings (SSSR count). The van der Waals surface area contributed by atoms with Gasteiger partial charge in [0.25, 0.3) is 11.8 Å². The Morgan fingerprint density at radius 2 is 1.81 bits per heavy atom. The first-order chi connectivity index (χ1) is 14.8. The highest BCUT2D eigenvalue weighted by atomic mass is 79.9. The lowest BCUT2D eigenvalue weighted by Gasteiger charge is -2.18. The molecule has 0 unspecified atom stereocenters. The average Bonchev–Trinajstić information content (AvgIpc) is 3.06. The normalized spacial score (nSPS) is 15.6. The van der Waals surface area contributed by atoms with Crippen molar-refractivity contribution in [3.8, 4) is 11.5 Å². The largest absolute Gasteiger partial charge is 0.493 e. The number of esters is 1. The summed E-state index contributed by atoms with van der Waals surface area (Å²) in [4.78, 5) is 37.0. The van der Waals surface area contributed by atoms with Gasteiger partial charge in [-0.3, -0.25) is 15.0 Å². The maximum atomic E-state index is 12.8. The Labute approximate surface area is 195 Å². The number of halogens is 2. The lowest BCUT2D eigenvalue weighted by molar-refractivity contribution is -0.148. The van der Waals surface area contributed by atoms with Crippen molar-refractivity contribution in [2.24, 2.45) is 0 Å². The fraction of sp³-hybridized carbons (Fsp3) is 0.190. The Hall–Kier alpha value is -2.85. The molecule has 10 heteroatoms. The number of nitrogens with zero attached hydrogens (tertiary/aromatic N) is 1. The van der Waals surface area contributed by atoms with E-state index in [1.165, 1.54) is 25.3 Å². The third-order valence-electron chi connectivity index (χ3n) is 4.41. The lowest BCUT2D eigenvalue weighted by Crippen LogP contribution is -2.35. The minimum Gasteiger partial charge on any atom is -0.493 e. The van der Waals surface area contributed by atoms with E-state index in [4.69, 9.17) is 9.47 Å². The lowest BCUT2D eigenvalue weighted by atomic mass is 10.1. The maximum absolute atomic E-state index is 12.8. The van der Waals surface area contributed by atoms with Gasteiger partial charge in [-0.15, -0.1) is 0 Å². The van der Waals surface area contributed by atoms with E-state index in [1.54, 1.807) is 37.3 Å². The Morgan fingerprint density at radius 1 is 1.13 bits per heavy atom. The van der Waals surface area contributed by atoms with Crippen LogP contribution in [0.3, 0.4) is 0 Å². The van der Waals surface area contributed by atoms with Gasteiger partial charge in [0.2, 0.25) is 0 Å². The van der Waals surface area contributed by atoms with Crippen LogP contribution in [-0.2, 0) is 19.1 Å². The van der Waals surface area contributed by atoms with E-state index in [9.17, 15) is 14.4 Å². The van der Waals surface area contributed by atoms with E-state index in [2.05, 4.69) is 42.0 Å². The molecule has 0 radical (unpaired) electrons. The first kappa shape index (κ1) is 22.8. The van der Waals surface area contributed by atoms with Gasteiger partial charge in [-0.2, -0.15) is 0 Å². The number of benzene rings is 2. The number of hydrazine groups is 1. The van der Waals surface area contributed by atoms with E-state index < -0.39 is 23.9 Å². The summed E-state index contributed by atoms with van der Waals surface area (Å²) < 4.78 is 16.7. The molecule has 2 aromatic rings. The molecule has 2 aromatic carbocycles. The van der Waals surface area contributed by atoms with Crippen LogP contribution in [0.15, 0.2) is 50.9 Å². The molecule has 0 aromatic heterocycles. The third kappa shape index (κ3) is 4.59. The van der Waals surface area contributed by atoms with Gasteiger partial charge in [-0.05, 0) is 68.6 Å². The summed E-state index contributed by atoms with van der Waals surface area (Å²) >= 11 is 6.87. The van der Waals surface area contributed by atoms with Crippen molar-refractivity contribution in [2.75, 3.05) is 19.2 Å². The summed E-state index contributed by atoms with van der Waals surface area (Å²) in [5.74, 6) is -1.01. The monoisotopic (exact) mass is 552 g/mol. The number of hydrogen-bond acceptors (Lipinski definition) is 6. The molecule has 0 saturated carbocycles. The van der Waals surface area contributed by atoms with Crippen LogP contribution in [0.25, 0.3) is 6.08 Å². The number of hydrogen-bond donors (Lipinski definition) is 1. The van der Waals surface area contributed by atoms with Gasteiger partial charge in [-0.1, -0.05) is 18.2 Å². The van der Waals surface area contributed by atoms with Gasteiger partial charge in [-0.25, -0.2) is 9.80 Å². The van der Waals surface area contributed by atoms with Crippen molar-refractivity contribution in [2.45, 2.75) is 13.0 Å². The van der Waals surface area contributed by atoms with Gasteiger partial charge >= 0.3 is 5.97 Å². The molecular formula is C21H18Br2N2O6. The van der Waals surface area contributed by atoms with Crippen LogP contribution in [0, 0.1) is 0 Å². The average molecular weight is 554 g/mol. The van der Waals surface area contributed by atoms with Crippen molar-refractivity contribution in [1.82, 2.24) is 5.43 Å². The van der Waals surface area contributed by atoms with E-state index in [0.29, 0.717) is 25.9 Å². The van der Waals surface area contributed by atoms with Gasteiger partial charge in [0.1, 0.15) is 5.57 Å². The van der Waals surface area contributed by atoms with Crippen molar-refractivity contribution in [1.29, 1.82) is 0 Å². The molecule has 2 amide bonds. The van der Waals surface area contributed by atoms with Crippen LogP contribution in [0.2, 0.25) is 0 Å². The third-order valence-corrected chi connectivity index (χ3v) is 6.55. The number of anilines is 1. The zero-order valence-electron chi connectivity index (χ0n) is 16.8. The molecule has 1 heterocycles. The van der Waals surface area contributed by atoms with Crippen LogP contribution in [0.4, 0.5) is 5.69 Å². The summed E-state index contributed by atoms with van der Waals surface area (Å²) in [5.41, 5.74) is 3.55. The van der Waals surface area contributed by atoms with E-state index in [-0.39, 0.29) is 11.3 Å². The van der Waals surface area contributed by atoms with Crippen molar-refractivity contribution in [3.63, 3.8) is 0 Å². The van der Waals surface area contributed by atoms with Gasteiger partial charge in [0.15, 0.2) is 17.6 Å². The number of methoxy groups -OCH3 is 2. The number of nitrogens with one attached hydrogen (secondary N) is 1. The van der Waals surface area contributed by atoms with Crippen molar-refractivity contribution in [3.05, 3.63) is 56.5 Å². The molecule has 0 spiro atoms. The van der Waals surface area contributed by atoms with E-state index in [0.717, 1.165) is 0 Å². The highest BCUT2D eigenvalue weighted by Gasteiger charge is 2.35. The van der Waals surface area contributed by atoms with Crippen LogP contribution in [-0.4, -0.2) is 38.1 Å². The zero-order valence-corrected chi connectivity index (χ0v) is 19.9. The second-order valence-electron chi connectivity index (χ2n) is 6.38. The predicted octanol–water partition coefficient (Wildman–Crippen LogP) is 3.62. The van der Waals surface area contributed by atoms with Crippen LogP contribution in [0.5, 0.6) is 11.5 Å². The minimum atomic E-state index is -0.882. The summed E-state index contributed by atoms with van der Waals surface area (Å²) in [6.07, 6.45) is 0.568. The molecule has 31 heavy (non-hydrogen) atoms. The maximum Gasteiger partial charge on any atom is 0.346 e. The second-order valence-corrected chi connectivity index (χ2v) is 7.97. The molecule has 1 aliphatic heterocycles. The quantitative estimate of drug-likeness (QED) is 0.333. The second kappa shape index (κ2) is 9.52. The first-order valence-electron chi connectivity index (χ1n) is 9.01. The highest BCUT2D eigenvalue weighted by Crippen LogP contribution is 2.44. The number of para-hydroxylation sites is 1. The number of rotatable bonds is 6. The van der Waals surface area contributed by atoms with Gasteiger partial charge in [0.05, 0.1) is 24.4 Å². The summed E-state index contributed by atoms with van der Waals surface area (Å²) in [7, 11) is 2.70. The Morgan fingerprint density at radius 3 is 2.42 bits per heavy atom. The molecular weight excluding hydrogens is 536 g/mol. The summed E-state index contributed by atoms with van der Waals surface area (Å²) in [5, 5.41) is 1.18. The van der Waals surface area contributed by atoms with E-state index >= 15 is 0 Å². The van der Waals surface area contributed by atoms with Crippen LogP contribution < -0.4 is 19.9 Å². The molecule has 1 atom stereocenters. The molecule has 1 fully saturated rings. The first-order valence-corrected chi connectivity index (χ1v) is 10.6. The van der Waals surface area contributed by atoms with Crippen molar-refractivity contribution < 1.29 is 28.6 Å². The van der Waals surface area contributed by atoms with Crippen LogP contribution >= 0.6 is 31.9 Å². The topological polar surface area (TPSA) is 94.2 Å². The Balaban J connectivity index is 1.99. The predicted molar refractivity (Wildman–Crippen MR) is 121 cm³/mol. The fourth-order valence-electron chi connectivity index (χ4n) is 2.83. The van der Waals surface area contributed by atoms with E-state index in [1.807, 2.05) is 6.07 Å². The van der Waals surface area contributed by atoms with Crippen LogP contribution in [0.1, 0.15) is 12.5 Å². The number of carbonyl (C=O) groups excluding carboxylic acids is 3. The van der Waals surface area contributed by atoms with Crippen molar-refractivity contribution >= 4 is 61.4 Å². The minimum absolute atomic E-state index is 0.0462. The van der Waals surface area contributed by atoms with Gasteiger partial charge in [0, 0.05) is 4.47 Å². The molecule has 162 valence electrons. The number of amides is 2. The smallest absolute Gasteiger partial charge is 0.346 e. The summed E-state index contributed by atoms with van der Waals surface area (Å²) in [6, 6.07) is 10.4. The number of carbonyl (C=O) groups is 3. The molecule has 1 saturated heterocycles. The number of ether oxygens (including phenoxy) is 3. The molecule has 0 bridgehead atoms. The molecule has 1 aliphatic rings. The Bertz CT molecular complexity index is 1070. The fourth-order valence-corrected chi connectivity index (χ4v) is 3.76. The molecule has 1 N–H and O–H groups in total. The van der Waals surface area contributed by atoms with Gasteiger partial charge < -0.3 is 14.2 Å². The highest BCUT2D eigenvalue weighted by molar-refractivity contribution is 9.13.